The van der Waals surface area contributed by atoms with Crippen molar-refractivity contribution in [1.29, 1.82) is 0 Å². The standard InChI is InChI=1S/C10H11N5/c1-12-15-5-7-2-3-8-9(4-7)13-6-14-10(8)11/h2-6,12H,1H3,(H2,11,13,14). The van der Waals surface area contributed by atoms with Crippen LogP contribution in [0.5, 0.6) is 0 Å². The summed E-state index contributed by atoms with van der Waals surface area (Å²) in [6.45, 7) is 0. The van der Waals surface area contributed by atoms with Crippen LogP contribution in [0.3, 0.4) is 0 Å². The lowest BCUT2D eigenvalue weighted by Gasteiger charge is -2.00. The van der Waals surface area contributed by atoms with Crippen molar-refractivity contribution in [3.8, 4) is 0 Å². The van der Waals surface area contributed by atoms with Crippen LogP contribution in [0.4, 0.5) is 5.82 Å². The first-order valence-electron chi connectivity index (χ1n) is 4.51. The van der Waals surface area contributed by atoms with Gasteiger partial charge in [-0.25, -0.2) is 9.97 Å². The predicted octanol–water partition coefficient (Wildman–Crippen LogP) is 0.765. The summed E-state index contributed by atoms with van der Waals surface area (Å²) in [5.41, 5.74) is 10.2. The molecule has 1 aromatic heterocycles. The van der Waals surface area contributed by atoms with Crippen LogP contribution in [0.15, 0.2) is 29.6 Å². The number of nitrogens with zero attached hydrogens (tertiary/aromatic N) is 3. The first-order chi connectivity index (χ1) is 7.31. The average Bonchev–Trinajstić information content (AvgIpc) is 2.26. The largest absolute Gasteiger partial charge is 0.383 e. The summed E-state index contributed by atoms with van der Waals surface area (Å²) in [4.78, 5) is 8.06. The van der Waals surface area contributed by atoms with Crippen LogP contribution in [-0.2, 0) is 0 Å². The zero-order valence-corrected chi connectivity index (χ0v) is 8.31. The van der Waals surface area contributed by atoms with Gasteiger partial charge in [-0.05, 0) is 17.7 Å². The van der Waals surface area contributed by atoms with Gasteiger partial charge in [0.05, 0.1) is 11.7 Å². The fraction of sp³-hybridized carbons (Fsp3) is 0.100. The molecule has 0 saturated heterocycles. The Kier molecular flexibility index (Phi) is 2.45. The van der Waals surface area contributed by atoms with E-state index in [0.717, 1.165) is 16.5 Å². The van der Waals surface area contributed by atoms with Gasteiger partial charge < -0.3 is 11.2 Å². The number of aromatic nitrogens is 2. The molecule has 0 amide bonds. The first-order valence-corrected chi connectivity index (χ1v) is 4.51. The van der Waals surface area contributed by atoms with Crippen molar-refractivity contribution in [2.45, 2.75) is 0 Å². The maximum Gasteiger partial charge on any atom is 0.134 e. The molecule has 0 aliphatic rings. The zero-order chi connectivity index (χ0) is 10.7. The molecule has 0 unspecified atom stereocenters. The van der Waals surface area contributed by atoms with Crippen LogP contribution in [0, 0.1) is 0 Å². The molecule has 0 aliphatic heterocycles. The van der Waals surface area contributed by atoms with E-state index < -0.39 is 0 Å². The molecule has 0 spiro atoms. The Hall–Kier alpha value is -2.17. The summed E-state index contributed by atoms with van der Waals surface area (Å²) >= 11 is 0. The molecule has 15 heavy (non-hydrogen) atoms. The van der Waals surface area contributed by atoms with Crippen LogP contribution in [0.2, 0.25) is 0 Å². The van der Waals surface area contributed by atoms with Crippen LogP contribution in [-0.4, -0.2) is 23.2 Å². The minimum absolute atomic E-state index is 0.497. The number of fused-ring (bicyclic) bond motifs is 1. The topological polar surface area (TPSA) is 76.2 Å². The van der Waals surface area contributed by atoms with E-state index in [2.05, 4.69) is 20.5 Å². The quantitative estimate of drug-likeness (QED) is 0.555. The van der Waals surface area contributed by atoms with Gasteiger partial charge in [0, 0.05) is 12.4 Å². The molecular weight excluding hydrogens is 190 g/mol. The van der Waals surface area contributed by atoms with Crippen LogP contribution in [0.25, 0.3) is 10.9 Å². The zero-order valence-electron chi connectivity index (χ0n) is 8.31. The molecule has 1 aromatic carbocycles. The highest BCUT2D eigenvalue weighted by molar-refractivity contribution is 5.92. The number of hydrazone groups is 1. The Morgan fingerprint density at radius 2 is 2.27 bits per heavy atom. The molecule has 0 atom stereocenters. The number of anilines is 1. The van der Waals surface area contributed by atoms with E-state index in [1.807, 2.05) is 18.2 Å². The highest BCUT2D eigenvalue weighted by Gasteiger charge is 1.99. The molecule has 76 valence electrons. The summed E-state index contributed by atoms with van der Waals surface area (Å²) in [6.07, 6.45) is 3.17. The van der Waals surface area contributed by atoms with E-state index in [1.54, 1.807) is 13.3 Å². The molecule has 0 radical (unpaired) electrons. The lowest BCUT2D eigenvalue weighted by Crippen LogP contribution is -1.96. The Morgan fingerprint density at radius 1 is 1.40 bits per heavy atom. The Bertz CT molecular complexity index is 506. The second-order valence-corrected chi connectivity index (χ2v) is 3.02. The number of nitrogens with one attached hydrogen (secondary N) is 1. The number of nitrogens with two attached hydrogens (primary N) is 1. The predicted molar refractivity (Wildman–Crippen MR) is 60.6 cm³/mol. The summed E-state index contributed by atoms with van der Waals surface area (Å²) in [5, 5.41) is 4.78. The van der Waals surface area contributed by atoms with Gasteiger partial charge in [0.1, 0.15) is 12.1 Å². The Morgan fingerprint density at radius 3 is 3.07 bits per heavy atom. The second-order valence-electron chi connectivity index (χ2n) is 3.02. The third-order valence-electron chi connectivity index (χ3n) is 2.03. The minimum atomic E-state index is 0.497. The van der Waals surface area contributed by atoms with Crippen LogP contribution >= 0.6 is 0 Å². The Balaban J connectivity index is 2.52. The summed E-state index contributed by atoms with van der Waals surface area (Å²) < 4.78 is 0. The molecule has 5 nitrogen and oxygen atoms in total. The number of hydrogen-bond donors (Lipinski definition) is 2. The minimum Gasteiger partial charge on any atom is -0.383 e. The lowest BCUT2D eigenvalue weighted by molar-refractivity contribution is 0.908. The van der Waals surface area contributed by atoms with Crippen LogP contribution in [0.1, 0.15) is 5.56 Å². The molecule has 0 fully saturated rings. The van der Waals surface area contributed by atoms with Gasteiger partial charge in [0.2, 0.25) is 0 Å². The average molecular weight is 201 g/mol. The summed E-state index contributed by atoms with van der Waals surface area (Å²) in [6, 6.07) is 5.72. The number of benzene rings is 1. The van der Waals surface area contributed by atoms with Gasteiger partial charge in [-0.15, -0.1) is 0 Å². The fourth-order valence-corrected chi connectivity index (χ4v) is 1.31. The van der Waals surface area contributed by atoms with Crippen LogP contribution < -0.4 is 11.2 Å². The SMILES string of the molecule is CNN=Cc1ccc2c(N)ncnc2c1. The maximum atomic E-state index is 5.71. The van der Waals surface area contributed by atoms with E-state index in [9.17, 15) is 0 Å². The van der Waals surface area contributed by atoms with Crippen molar-refractivity contribution in [2.24, 2.45) is 5.10 Å². The Labute approximate surface area is 87.0 Å². The molecule has 0 bridgehead atoms. The molecule has 2 rings (SSSR count). The summed E-state index contributed by atoms with van der Waals surface area (Å²) in [5.74, 6) is 0.497. The van der Waals surface area contributed by atoms with E-state index >= 15 is 0 Å². The van der Waals surface area contributed by atoms with E-state index in [4.69, 9.17) is 5.73 Å². The highest BCUT2D eigenvalue weighted by Crippen LogP contribution is 2.16. The number of hydrogen-bond acceptors (Lipinski definition) is 5. The molecule has 5 heteroatoms. The number of rotatable bonds is 2. The molecule has 0 saturated carbocycles. The van der Waals surface area contributed by atoms with E-state index in [0.29, 0.717) is 5.82 Å². The number of nitrogen functional groups attached to an aromatic ring is 1. The molecule has 0 aliphatic carbocycles. The summed E-state index contributed by atoms with van der Waals surface area (Å²) in [7, 11) is 1.75. The van der Waals surface area contributed by atoms with Crippen molar-refractivity contribution >= 4 is 22.9 Å². The van der Waals surface area contributed by atoms with Crippen molar-refractivity contribution in [3.05, 3.63) is 30.1 Å². The molecule has 2 aromatic rings. The van der Waals surface area contributed by atoms with E-state index in [1.165, 1.54) is 6.33 Å². The fourth-order valence-electron chi connectivity index (χ4n) is 1.31. The second kappa shape index (κ2) is 3.91. The van der Waals surface area contributed by atoms with Crippen molar-refractivity contribution in [1.82, 2.24) is 15.4 Å². The third-order valence-corrected chi connectivity index (χ3v) is 2.03. The van der Waals surface area contributed by atoms with E-state index in [-0.39, 0.29) is 0 Å². The van der Waals surface area contributed by atoms with Crippen molar-refractivity contribution < 1.29 is 0 Å². The van der Waals surface area contributed by atoms with Gasteiger partial charge in [-0.1, -0.05) is 6.07 Å². The van der Waals surface area contributed by atoms with Gasteiger partial charge in [0.25, 0.3) is 0 Å². The van der Waals surface area contributed by atoms with Gasteiger partial charge in [-0.3, -0.25) is 0 Å². The van der Waals surface area contributed by atoms with Crippen molar-refractivity contribution in [3.63, 3.8) is 0 Å². The normalized spacial score (nSPS) is 11.0. The monoisotopic (exact) mass is 201 g/mol. The van der Waals surface area contributed by atoms with Gasteiger partial charge in [-0.2, -0.15) is 5.10 Å². The maximum absolute atomic E-state index is 5.71. The third kappa shape index (κ3) is 1.85. The van der Waals surface area contributed by atoms with Gasteiger partial charge >= 0.3 is 0 Å². The van der Waals surface area contributed by atoms with Gasteiger partial charge in [0.15, 0.2) is 0 Å². The molecule has 3 N–H and O–H groups in total. The van der Waals surface area contributed by atoms with Crippen molar-refractivity contribution in [2.75, 3.05) is 12.8 Å². The highest BCUT2D eigenvalue weighted by atomic mass is 15.3. The smallest absolute Gasteiger partial charge is 0.134 e. The molecule has 1 heterocycles. The lowest BCUT2D eigenvalue weighted by atomic mass is 10.1. The first kappa shape index (κ1) is 9.39. The molecular formula is C10H11N5.